The highest BCUT2D eigenvalue weighted by atomic mass is 35.5. The zero-order chi connectivity index (χ0) is 23.4. The number of carbonyl (C=O) groups excluding carboxylic acids is 4. The van der Waals surface area contributed by atoms with E-state index in [1.54, 1.807) is 12.1 Å². The fraction of sp³-hybridized carbons (Fsp3) is 0.478. The normalized spacial score (nSPS) is 20.8. The quantitative estimate of drug-likeness (QED) is 0.361. The summed E-state index contributed by atoms with van der Waals surface area (Å²) in [4.78, 5) is 52.1. The van der Waals surface area contributed by atoms with E-state index in [9.17, 15) is 19.2 Å². The summed E-state index contributed by atoms with van der Waals surface area (Å²) in [6.07, 6.45) is 5.01. The number of rotatable bonds is 8. The third kappa shape index (κ3) is 5.12. The first-order valence-electron chi connectivity index (χ1n) is 10.5. The number of benzene rings is 1. The van der Waals surface area contributed by atoms with Gasteiger partial charge in [0.05, 0.1) is 24.6 Å². The molecule has 2 aliphatic rings. The summed E-state index contributed by atoms with van der Waals surface area (Å²) in [5, 5.41) is 2.98. The molecule has 1 aromatic rings. The zero-order valence-electron chi connectivity index (χ0n) is 18.3. The van der Waals surface area contributed by atoms with Crippen LogP contribution in [0.3, 0.4) is 0 Å². The SMILES string of the molecule is COc1ccc(Cl)cc1NC(=O)COC(=O)[C@@H](CC(C)C)N1C(=O)[C@H]2CC=CC[C@H]2C1=O. The van der Waals surface area contributed by atoms with Crippen LogP contribution in [0.2, 0.25) is 5.02 Å². The van der Waals surface area contributed by atoms with Crippen molar-refractivity contribution < 1.29 is 28.7 Å². The second-order valence-corrected chi connectivity index (χ2v) is 8.78. The van der Waals surface area contributed by atoms with Crippen molar-refractivity contribution in [2.75, 3.05) is 19.0 Å². The molecule has 1 aromatic carbocycles. The summed E-state index contributed by atoms with van der Waals surface area (Å²) in [6, 6.07) is 3.67. The topological polar surface area (TPSA) is 102 Å². The number of anilines is 1. The Balaban J connectivity index is 1.68. The number of amides is 3. The van der Waals surface area contributed by atoms with Gasteiger partial charge in [-0.2, -0.15) is 0 Å². The standard InChI is InChI=1S/C23H27ClN2O6/c1-13(2)10-18(26-21(28)15-6-4-5-7-16(15)22(26)29)23(30)32-12-20(27)25-17-11-14(24)8-9-19(17)31-3/h4-5,8-9,11,13,15-16,18H,6-7,10,12H2,1-3H3,(H,25,27)/t15-,16+,18-/m1/s1. The van der Waals surface area contributed by atoms with Crippen LogP contribution in [0.5, 0.6) is 5.75 Å². The lowest BCUT2D eigenvalue weighted by atomic mass is 9.85. The molecule has 1 aliphatic heterocycles. The average molecular weight is 463 g/mol. The molecule has 3 atom stereocenters. The van der Waals surface area contributed by atoms with Gasteiger partial charge in [0.15, 0.2) is 6.61 Å². The maximum Gasteiger partial charge on any atom is 0.329 e. The molecule has 1 saturated heterocycles. The highest BCUT2D eigenvalue weighted by molar-refractivity contribution is 6.31. The number of methoxy groups -OCH3 is 1. The molecule has 0 bridgehead atoms. The Morgan fingerprint density at radius 3 is 2.34 bits per heavy atom. The van der Waals surface area contributed by atoms with Gasteiger partial charge in [-0.3, -0.25) is 19.3 Å². The highest BCUT2D eigenvalue weighted by Gasteiger charge is 2.51. The van der Waals surface area contributed by atoms with E-state index in [2.05, 4.69) is 5.32 Å². The molecule has 32 heavy (non-hydrogen) atoms. The molecular weight excluding hydrogens is 436 g/mol. The first-order chi connectivity index (χ1) is 15.2. The van der Waals surface area contributed by atoms with Crippen LogP contribution >= 0.6 is 11.6 Å². The van der Waals surface area contributed by atoms with Crippen LogP contribution in [0.1, 0.15) is 33.1 Å². The predicted molar refractivity (Wildman–Crippen MR) is 118 cm³/mol. The van der Waals surface area contributed by atoms with Crippen molar-refractivity contribution in [2.24, 2.45) is 17.8 Å². The van der Waals surface area contributed by atoms with Gasteiger partial charge in [0.25, 0.3) is 5.91 Å². The lowest BCUT2D eigenvalue weighted by Gasteiger charge is -2.26. The van der Waals surface area contributed by atoms with E-state index < -0.39 is 36.4 Å². The van der Waals surface area contributed by atoms with Gasteiger partial charge in [-0.25, -0.2) is 4.79 Å². The number of halogens is 1. The maximum absolute atomic E-state index is 12.9. The fourth-order valence-electron chi connectivity index (χ4n) is 4.08. The van der Waals surface area contributed by atoms with Gasteiger partial charge < -0.3 is 14.8 Å². The first-order valence-corrected chi connectivity index (χ1v) is 10.9. The summed E-state index contributed by atoms with van der Waals surface area (Å²) in [7, 11) is 1.45. The summed E-state index contributed by atoms with van der Waals surface area (Å²) in [5.41, 5.74) is 0.334. The van der Waals surface area contributed by atoms with Gasteiger partial charge in [-0.15, -0.1) is 0 Å². The van der Waals surface area contributed by atoms with E-state index in [0.29, 0.717) is 29.3 Å². The van der Waals surface area contributed by atoms with Crippen molar-refractivity contribution in [1.29, 1.82) is 0 Å². The lowest BCUT2D eigenvalue weighted by molar-refractivity contribution is -0.160. The summed E-state index contributed by atoms with van der Waals surface area (Å²) in [5.74, 6) is -2.52. The van der Waals surface area contributed by atoms with Crippen molar-refractivity contribution in [2.45, 2.75) is 39.2 Å². The van der Waals surface area contributed by atoms with Crippen LogP contribution in [-0.4, -0.2) is 48.3 Å². The molecule has 3 amide bonds. The lowest BCUT2D eigenvalue weighted by Crippen LogP contribution is -2.47. The summed E-state index contributed by atoms with van der Waals surface area (Å²) in [6.45, 7) is 3.20. The summed E-state index contributed by atoms with van der Waals surface area (Å²) >= 11 is 5.96. The minimum atomic E-state index is -1.06. The van der Waals surface area contributed by atoms with Gasteiger partial charge >= 0.3 is 5.97 Å². The number of likely N-dealkylation sites (tertiary alicyclic amines) is 1. The third-order valence-corrected chi connectivity index (χ3v) is 5.84. The minimum absolute atomic E-state index is 0.0263. The molecule has 0 radical (unpaired) electrons. The molecular formula is C23H27ClN2O6. The second kappa shape index (κ2) is 10.2. The zero-order valence-corrected chi connectivity index (χ0v) is 19.1. The molecule has 3 rings (SSSR count). The van der Waals surface area contributed by atoms with Crippen molar-refractivity contribution >= 4 is 41.0 Å². The smallest absolute Gasteiger partial charge is 0.329 e. The molecule has 1 N–H and O–H groups in total. The number of allylic oxidation sites excluding steroid dienone is 2. The van der Waals surface area contributed by atoms with Gasteiger partial charge in [0.1, 0.15) is 11.8 Å². The van der Waals surface area contributed by atoms with E-state index in [1.165, 1.54) is 13.2 Å². The number of hydrogen-bond acceptors (Lipinski definition) is 6. The van der Waals surface area contributed by atoms with E-state index in [4.69, 9.17) is 21.1 Å². The van der Waals surface area contributed by atoms with E-state index in [-0.39, 0.29) is 24.2 Å². The van der Waals surface area contributed by atoms with Crippen molar-refractivity contribution in [3.8, 4) is 5.75 Å². The van der Waals surface area contributed by atoms with Crippen LogP contribution in [0.15, 0.2) is 30.4 Å². The van der Waals surface area contributed by atoms with Crippen molar-refractivity contribution in [1.82, 2.24) is 4.90 Å². The second-order valence-electron chi connectivity index (χ2n) is 8.35. The predicted octanol–water partition coefficient (Wildman–Crippen LogP) is 3.20. The Labute approximate surface area is 191 Å². The molecule has 1 fully saturated rings. The van der Waals surface area contributed by atoms with Gasteiger partial charge in [-0.1, -0.05) is 37.6 Å². The van der Waals surface area contributed by atoms with E-state index in [1.807, 2.05) is 26.0 Å². The Kier molecular flexibility index (Phi) is 7.56. The number of nitrogens with one attached hydrogen (secondary N) is 1. The van der Waals surface area contributed by atoms with Crippen molar-refractivity contribution in [3.63, 3.8) is 0 Å². The molecule has 0 aromatic heterocycles. The molecule has 0 unspecified atom stereocenters. The number of carbonyl (C=O) groups is 4. The third-order valence-electron chi connectivity index (χ3n) is 5.60. The number of hydrogen-bond donors (Lipinski definition) is 1. The Bertz CT molecular complexity index is 918. The number of nitrogens with zero attached hydrogens (tertiary/aromatic N) is 1. The first kappa shape index (κ1) is 23.8. The molecule has 0 saturated carbocycles. The molecule has 1 aliphatic carbocycles. The number of esters is 1. The molecule has 172 valence electrons. The van der Waals surface area contributed by atoms with Gasteiger partial charge in [-0.05, 0) is 43.4 Å². The van der Waals surface area contributed by atoms with Crippen LogP contribution in [0.25, 0.3) is 0 Å². The van der Waals surface area contributed by atoms with Gasteiger partial charge in [0.2, 0.25) is 11.8 Å². The van der Waals surface area contributed by atoms with Crippen LogP contribution in [0.4, 0.5) is 5.69 Å². The average Bonchev–Trinajstić information content (AvgIpc) is 3.01. The van der Waals surface area contributed by atoms with Crippen molar-refractivity contribution in [3.05, 3.63) is 35.4 Å². The highest BCUT2D eigenvalue weighted by Crippen LogP contribution is 2.37. The Hall–Kier alpha value is -2.87. The number of ether oxygens (including phenoxy) is 2. The van der Waals surface area contributed by atoms with Crippen LogP contribution in [-0.2, 0) is 23.9 Å². The van der Waals surface area contributed by atoms with Crippen LogP contribution < -0.4 is 10.1 Å². The minimum Gasteiger partial charge on any atom is -0.495 e. The number of fused-ring (bicyclic) bond motifs is 1. The molecule has 0 spiro atoms. The Morgan fingerprint density at radius 2 is 1.78 bits per heavy atom. The maximum atomic E-state index is 12.9. The largest absolute Gasteiger partial charge is 0.495 e. The fourth-order valence-corrected chi connectivity index (χ4v) is 4.26. The molecule has 8 nitrogen and oxygen atoms in total. The molecule has 1 heterocycles. The Morgan fingerprint density at radius 1 is 1.16 bits per heavy atom. The monoisotopic (exact) mass is 462 g/mol. The van der Waals surface area contributed by atoms with Gasteiger partial charge in [0, 0.05) is 5.02 Å². The number of imide groups is 1. The van der Waals surface area contributed by atoms with E-state index in [0.717, 1.165) is 4.90 Å². The molecule has 9 heteroatoms. The van der Waals surface area contributed by atoms with Crippen LogP contribution in [0, 0.1) is 17.8 Å². The van der Waals surface area contributed by atoms with E-state index >= 15 is 0 Å². The summed E-state index contributed by atoms with van der Waals surface area (Å²) < 4.78 is 10.4.